The highest BCUT2D eigenvalue weighted by Gasteiger charge is 2.46. The summed E-state index contributed by atoms with van der Waals surface area (Å²) in [7, 11) is 6.90. The van der Waals surface area contributed by atoms with E-state index in [1.165, 1.54) is 98.3 Å². The zero-order valence-corrected chi connectivity index (χ0v) is 70.0. The van der Waals surface area contributed by atoms with Gasteiger partial charge in [-0.25, -0.2) is 9.59 Å². The molecule has 7 amide bonds. The minimum atomic E-state index is -3.11. The zero-order chi connectivity index (χ0) is 83.6. The Hall–Kier alpha value is -10.7. The summed E-state index contributed by atoms with van der Waals surface area (Å²) in [5.41, 5.74) is 0.315. The number of alkyl carbamates (subject to hydrolysis) is 2. The number of hydrogen-bond donors (Lipinski definition) is 7. The van der Waals surface area contributed by atoms with Crippen molar-refractivity contribution in [2.45, 2.75) is 147 Å². The molecule has 7 N–H and O–H groups in total. The summed E-state index contributed by atoms with van der Waals surface area (Å²) in [5.74, 6) is -4.15. The number of carbonyl (C=O) groups excluding carboxylic acids is 7. The minimum absolute atomic E-state index is 0.00437. The number of fused-ring (bicyclic) bond motifs is 15. The van der Waals surface area contributed by atoms with Gasteiger partial charge in [-0.3, -0.25) is 24.0 Å². The molecule has 0 fully saturated rings. The van der Waals surface area contributed by atoms with Gasteiger partial charge in [0.1, 0.15) is 88.5 Å². The lowest BCUT2D eigenvalue weighted by atomic mass is 9.89. The molecule has 12 rings (SSSR count). The summed E-state index contributed by atoms with van der Waals surface area (Å²) in [6.07, 6.45) is -3.35. The van der Waals surface area contributed by atoms with Crippen molar-refractivity contribution in [2.24, 2.45) is 0 Å². The first-order valence-corrected chi connectivity index (χ1v) is 40.6. The van der Waals surface area contributed by atoms with Crippen LogP contribution in [0.5, 0.6) is 69.0 Å². The molecule has 5 heterocycles. The second-order valence-corrected chi connectivity index (χ2v) is 36.4. The van der Waals surface area contributed by atoms with Crippen molar-refractivity contribution in [1.82, 2.24) is 37.2 Å². The third kappa shape index (κ3) is 21.4. The average molecular weight is 1650 g/mol. The van der Waals surface area contributed by atoms with Crippen molar-refractivity contribution in [3.63, 3.8) is 0 Å². The van der Waals surface area contributed by atoms with Crippen molar-refractivity contribution in [3.8, 4) is 80.1 Å². The molecule has 0 saturated carbocycles. The molecule has 0 saturated heterocycles. The Bertz CT molecular complexity index is 4780. The molecule has 0 radical (unpaired) electrons. The molecule has 11 bridgehead atoms. The largest absolute Gasteiger partial charge is 0.497 e. The number of methoxy groups -OCH3 is 7. The number of rotatable bonds is 21. The van der Waals surface area contributed by atoms with Crippen LogP contribution in [0, 0.1) is 0 Å². The van der Waals surface area contributed by atoms with Gasteiger partial charge in [-0.2, -0.15) is 0 Å². The van der Waals surface area contributed by atoms with Crippen LogP contribution in [0.4, 0.5) is 9.59 Å². The van der Waals surface area contributed by atoms with Crippen LogP contribution >= 0.6 is 23.2 Å². The molecule has 0 aromatic heterocycles. The summed E-state index contributed by atoms with van der Waals surface area (Å²) in [6.45, 7) is 20.0. The van der Waals surface area contributed by atoms with E-state index in [1.54, 1.807) is 108 Å². The molecule has 616 valence electrons. The summed E-state index contributed by atoms with van der Waals surface area (Å²) >= 11 is 14.7. The van der Waals surface area contributed by atoms with Gasteiger partial charge in [0.15, 0.2) is 31.3 Å². The summed E-state index contributed by atoms with van der Waals surface area (Å²) in [4.78, 5) is 109. The van der Waals surface area contributed by atoms with E-state index in [0.29, 0.717) is 33.6 Å². The first kappa shape index (κ1) is 86.7. The second kappa shape index (κ2) is 36.8. The first-order chi connectivity index (χ1) is 54.4. The number of ether oxygens (including phenoxy) is 14. The molecule has 29 nitrogen and oxygen atoms in total. The van der Waals surface area contributed by atoms with E-state index in [9.17, 15) is 9.59 Å². The van der Waals surface area contributed by atoms with Gasteiger partial charge in [-0.05, 0) is 177 Å². The molecule has 32 heteroatoms. The Morgan fingerprint density at radius 3 is 1.69 bits per heavy atom. The predicted octanol–water partition coefficient (Wildman–Crippen LogP) is 13.8. The van der Waals surface area contributed by atoms with Crippen LogP contribution in [0.2, 0.25) is 28.2 Å². The molecule has 5 aliphatic heterocycles. The Labute approximate surface area is 679 Å². The lowest BCUT2D eigenvalue weighted by Crippen LogP contribution is -2.57. The highest BCUT2D eigenvalue weighted by atomic mass is 35.5. The van der Waals surface area contributed by atoms with Crippen LogP contribution in [0.1, 0.15) is 132 Å². The molecule has 0 aliphatic carbocycles. The van der Waals surface area contributed by atoms with Crippen molar-refractivity contribution in [2.75, 3.05) is 76.4 Å². The van der Waals surface area contributed by atoms with Crippen molar-refractivity contribution in [1.29, 1.82) is 0 Å². The predicted molar refractivity (Wildman–Crippen MR) is 429 cm³/mol. The Morgan fingerprint density at radius 1 is 0.513 bits per heavy atom. The average Bonchev–Trinajstić information content (AvgIpc) is 0.764. The Balaban J connectivity index is 1.23. The SMILES string of the molecule is COCCOCOCC1NC(=O)[C@H]2NC(=O)[C@H](NC(=O)[C@@H]3NC(=O)C(c4cc(OC)cc(Oc5cc(CNC(=O)OC(C)(C)C)ccc5OC)c4)NC(=O)[C@H](NC(=O)OC(C)(C)C)Cc4ccc(c(Cl)c4)Oc4cc3cc(c4OC)Oc3ccc(cc3Cl)[C@H]2O[Si](C)(C)C(C)(C)C)c2ccc(OC)c(c2)-c2c(OC)cc(OC)cc21. The smallest absolute Gasteiger partial charge is 0.408 e. The maximum Gasteiger partial charge on any atom is 0.408 e. The van der Waals surface area contributed by atoms with E-state index in [0.717, 1.165) is 0 Å². The molecule has 7 atom stereocenters. The maximum absolute atomic E-state index is 16.8. The van der Waals surface area contributed by atoms with Crippen molar-refractivity contribution >= 4 is 73.2 Å². The zero-order valence-electron chi connectivity index (χ0n) is 67.5. The van der Waals surface area contributed by atoms with E-state index in [1.807, 2.05) is 33.9 Å². The number of halogens is 2. The Kier molecular flexibility index (Phi) is 27.7. The molecule has 0 spiro atoms. The van der Waals surface area contributed by atoms with E-state index in [2.05, 4.69) is 37.2 Å². The van der Waals surface area contributed by atoms with Crippen LogP contribution in [-0.4, -0.2) is 150 Å². The standard InChI is InChI=1S/C83H99Cl2N7O22Si/c1-81(2,3)112-79(98)86-41-45-20-24-62(104-14)63(31-45)109-52-33-48(32-50(38-52)101-11)69-76(95)91-70-49-36-65(110-60-23-19-44(29-55(60)84)30-57(74(93)89-69)88-80(99)113-82(4,5)6)73(106-16)66(37-49)111-61-26-22-47(35-56(61)85)72(114-115(17,18)83(7,8)9)71-78(97)87-58(42-108-43-107-28-27-100-10)53-39-51(102-12)40-64(105-15)67(53)54-34-46(21-25-59(54)103-13)68(75(94)92-71)90-77(70)96/h19-26,29,31-40,57-58,68-72H,27-28,30,41-43H2,1-18H3,(H,86,98)(H,87,97)(H,88,99)(H,89,93)(H,90,96)(H,91,95)(H,92,94)/t57-,58?,68-,69?,70-,71+,72-/m1/s1. The van der Waals surface area contributed by atoms with E-state index in [-0.39, 0.29) is 135 Å². The number of hydrogen-bond acceptors (Lipinski definition) is 22. The van der Waals surface area contributed by atoms with Crippen LogP contribution in [-0.2, 0) is 65.0 Å². The van der Waals surface area contributed by atoms with Crippen LogP contribution < -0.4 is 79.8 Å². The summed E-state index contributed by atoms with van der Waals surface area (Å²) in [5, 5.41) is 19.8. The fourth-order valence-electron chi connectivity index (χ4n) is 12.6. The van der Waals surface area contributed by atoms with Crippen LogP contribution in [0.25, 0.3) is 11.1 Å². The third-order valence-corrected chi connectivity index (χ3v) is 24.3. The van der Waals surface area contributed by atoms with Crippen LogP contribution in [0.15, 0.2) is 115 Å². The third-order valence-electron chi connectivity index (χ3n) is 19.2. The maximum atomic E-state index is 16.8. The van der Waals surface area contributed by atoms with Crippen molar-refractivity contribution < 1.29 is 104 Å². The fourth-order valence-corrected chi connectivity index (χ4v) is 14.4. The van der Waals surface area contributed by atoms with Gasteiger partial charge < -0.3 is 108 Å². The molecule has 2 unspecified atom stereocenters. The highest BCUT2D eigenvalue weighted by molar-refractivity contribution is 6.74. The lowest BCUT2D eigenvalue weighted by molar-refractivity contribution is -0.136. The van der Waals surface area contributed by atoms with Gasteiger partial charge in [-0.15, -0.1) is 0 Å². The van der Waals surface area contributed by atoms with Gasteiger partial charge >= 0.3 is 12.2 Å². The van der Waals surface area contributed by atoms with Gasteiger partial charge in [0, 0.05) is 43.3 Å². The first-order valence-electron chi connectivity index (χ1n) is 36.9. The van der Waals surface area contributed by atoms with Gasteiger partial charge in [0.2, 0.25) is 35.3 Å². The van der Waals surface area contributed by atoms with Gasteiger partial charge in [0.25, 0.3) is 0 Å². The summed E-state index contributed by atoms with van der Waals surface area (Å²) < 4.78 is 91.9. The number of amides is 7. The van der Waals surface area contributed by atoms with Crippen LogP contribution in [0.3, 0.4) is 0 Å². The van der Waals surface area contributed by atoms with E-state index >= 15 is 24.0 Å². The molecule has 115 heavy (non-hydrogen) atoms. The normalized spacial score (nSPS) is 18.6. The topological polar surface area (TPSA) is 342 Å². The lowest BCUT2D eigenvalue weighted by Gasteiger charge is -2.42. The van der Waals surface area contributed by atoms with E-state index in [4.69, 9.17) is 93.9 Å². The van der Waals surface area contributed by atoms with Gasteiger partial charge in [-0.1, -0.05) is 68.2 Å². The molecule has 5 aliphatic rings. The highest BCUT2D eigenvalue weighted by Crippen LogP contribution is 2.50. The number of nitrogens with one attached hydrogen (secondary N) is 7. The molecule has 7 aromatic rings. The summed E-state index contributed by atoms with van der Waals surface area (Å²) in [6, 6.07) is 19.3. The van der Waals surface area contributed by atoms with Crippen molar-refractivity contribution in [3.05, 3.63) is 164 Å². The minimum Gasteiger partial charge on any atom is -0.497 e. The second-order valence-electron chi connectivity index (χ2n) is 30.8. The monoisotopic (exact) mass is 1640 g/mol. The van der Waals surface area contributed by atoms with E-state index < -0.39 is 109 Å². The van der Waals surface area contributed by atoms with Gasteiger partial charge in [0.05, 0.1) is 84.7 Å². The molecular weight excluding hydrogens is 1550 g/mol. The Morgan fingerprint density at radius 2 is 1.09 bits per heavy atom. The number of carbonyl (C=O) groups is 7. The number of benzene rings is 7. The molecular formula is C83H99Cl2N7O22Si. The molecule has 7 aromatic carbocycles. The fraction of sp³-hybridized carbons (Fsp3) is 0.410. The quantitative estimate of drug-likeness (QED) is 0.0200.